The highest BCUT2D eigenvalue weighted by Gasteiger charge is 2.32. The van der Waals surface area contributed by atoms with Crippen LogP contribution in [0.25, 0.3) is 0 Å². The summed E-state index contributed by atoms with van der Waals surface area (Å²) in [6, 6.07) is 0.643. The summed E-state index contributed by atoms with van der Waals surface area (Å²) in [5.41, 5.74) is 6.78. The molecule has 1 aromatic heterocycles. The normalized spacial score (nSPS) is 26.5. The summed E-state index contributed by atoms with van der Waals surface area (Å²) in [6.07, 6.45) is 2.80. The molecule has 3 heterocycles. The number of anilines is 2. The predicted molar refractivity (Wildman–Crippen MR) is 78.7 cm³/mol. The lowest BCUT2D eigenvalue weighted by Crippen LogP contribution is -2.48. The zero-order valence-electron chi connectivity index (χ0n) is 12.2. The third-order valence-electron chi connectivity index (χ3n) is 4.25. The molecular weight excluding hydrogens is 254 g/mol. The van der Waals surface area contributed by atoms with Crippen molar-refractivity contribution in [2.24, 2.45) is 0 Å². The van der Waals surface area contributed by atoms with Crippen molar-refractivity contribution in [3.8, 4) is 0 Å². The van der Waals surface area contributed by atoms with E-state index in [9.17, 15) is 0 Å². The fourth-order valence-corrected chi connectivity index (χ4v) is 3.04. The average molecular weight is 277 g/mol. The van der Waals surface area contributed by atoms with Crippen LogP contribution in [0.1, 0.15) is 24.2 Å². The lowest BCUT2D eigenvalue weighted by molar-refractivity contribution is -0.0416. The van der Waals surface area contributed by atoms with E-state index in [1.54, 1.807) is 0 Å². The molecule has 2 atom stereocenters. The maximum Gasteiger partial charge on any atom is 0.134 e. The summed E-state index contributed by atoms with van der Waals surface area (Å²) in [4.78, 5) is 11.1. The van der Waals surface area contributed by atoms with E-state index in [2.05, 4.69) is 20.2 Å². The zero-order chi connectivity index (χ0) is 14.1. The molecule has 2 aliphatic heterocycles. The van der Waals surface area contributed by atoms with Gasteiger partial charge in [-0.3, -0.25) is 4.90 Å². The van der Waals surface area contributed by atoms with Crippen LogP contribution in [0.2, 0.25) is 0 Å². The first kappa shape index (κ1) is 13.6. The van der Waals surface area contributed by atoms with Gasteiger partial charge in [-0.25, -0.2) is 9.97 Å². The first-order valence-electron chi connectivity index (χ1n) is 7.33. The van der Waals surface area contributed by atoms with Gasteiger partial charge in [0, 0.05) is 24.7 Å². The third-order valence-corrected chi connectivity index (χ3v) is 4.25. The molecule has 6 nitrogen and oxygen atoms in total. The molecule has 2 unspecified atom stereocenters. The predicted octanol–water partition coefficient (Wildman–Crippen LogP) is 0.951. The molecule has 2 fully saturated rings. The molecular formula is C14H23N5O. The van der Waals surface area contributed by atoms with Gasteiger partial charge in [0.1, 0.15) is 17.5 Å². The molecule has 1 aromatic rings. The number of nitrogens with one attached hydrogen (secondary N) is 1. The van der Waals surface area contributed by atoms with E-state index in [4.69, 9.17) is 10.5 Å². The summed E-state index contributed by atoms with van der Waals surface area (Å²) in [5.74, 6) is 2.06. The number of nitrogens with zero attached hydrogens (tertiary/aromatic N) is 3. The minimum atomic E-state index is 0.222. The lowest BCUT2D eigenvalue weighted by atomic mass is 10.2. The number of hydrogen-bond acceptors (Lipinski definition) is 6. The van der Waals surface area contributed by atoms with E-state index in [0.717, 1.165) is 31.1 Å². The Kier molecular flexibility index (Phi) is 3.76. The van der Waals surface area contributed by atoms with Gasteiger partial charge in [0.15, 0.2) is 0 Å². The number of fused-ring (bicyclic) bond motifs is 1. The summed E-state index contributed by atoms with van der Waals surface area (Å²) in [6.45, 7) is 7.64. The number of hydrogen-bond donors (Lipinski definition) is 2. The number of aryl methyl sites for hydroxylation is 1. The number of aromatic nitrogens is 2. The van der Waals surface area contributed by atoms with Crippen LogP contribution < -0.4 is 11.1 Å². The molecule has 110 valence electrons. The fourth-order valence-electron chi connectivity index (χ4n) is 3.04. The molecule has 0 bridgehead atoms. The third kappa shape index (κ3) is 2.71. The molecule has 0 saturated carbocycles. The Morgan fingerprint density at radius 2 is 2.25 bits per heavy atom. The van der Waals surface area contributed by atoms with E-state index in [0.29, 0.717) is 17.7 Å². The highest BCUT2D eigenvalue weighted by molar-refractivity contribution is 5.54. The van der Waals surface area contributed by atoms with Crippen LogP contribution >= 0.6 is 0 Å². The maximum absolute atomic E-state index is 5.94. The van der Waals surface area contributed by atoms with Crippen molar-refractivity contribution in [3.63, 3.8) is 0 Å². The van der Waals surface area contributed by atoms with Crippen molar-refractivity contribution in [3.05, 3.63) is 11.4 Å². The highest BCUT2D eigenvalue weighted by Crippen LogP contribution is 2.23. The van der Waals surface area contributed by atoms with Crippen LogP contribution in [0.5, 0.6) is 0 Å². The number of nitrogen functional groups attached to an aromatic ring is 1. The number of ether oxygens (including phenoxy) is 1. The second kappa shape index (κ2) is 5.54. The average Bonchev–Trinajstić information content (AvgIpc) is 2.88. The standard InChI is InChI=1S/C14H23N5O/c1-9-13(15)17-10(2)18-14(9)16-6-12-7-19-5-3-4-11(19)8-20-12/h11-12H,3-8H2,1-2H3,(H3,15,16,17,18). The van der Waals surface area contributed by atoms with Crippen LogP contribution in [-0.4, -0.2) is 53.3 Å². The molecule has 3 N–H and O–H groups in total. The SMILES string of the molecule is Cc1nc(N)c(C)c(NCC2CN3CCCC3CO2)n1. The molecule has 3 rings (SSSR count). The molecule has 0 spiro atoms. The van der Waals surface area contributed by atoms with Crippen LogP contribution in [0.15, 0.2) is 0 Å². The van der Waals surface area contributed by atoms with Crippen LogP contribution in [0, 0.1) is 13.8 Å². The second-order valence-electron chi connectivity index (χ2n) is 5.76. The Morgan fingerprint density at radius 1 is 1.40 bits per heavy atom. The Hall–Kier alpha value is -1.40. The van der Waals surface area contributed by atoms with Gasteiger partial charge in [-0.2, -0.15) is 0 Å². The first-order chi connectivity index (χ1) is 9.63. The summed E-state index contributed by atoms with van der Waals surface area (Å²) >= 11 is 0. The van der Waals surface area contributed by atoms with Gasteiger partial charge in [0.05, 0.1) is 12.7 Å². The second-order valence-corrected chi connectivity index (χ2v) is 5.76. The van der Waals surface area contributed by atoms with Crippen molar-refractivity contribution in [1.29, 1.82) is 0 Å². The Morgan fingerprint density at radius 3 is 3.10 bits per heavy atom. The zero-order valence-corrected chi connectivity index (χ0v) is 12.2. The lowest BCUT2D eigenvalue weighted by Gasteiger charge is -2.35. The van der Waals surface area contributed by atoms with Gasteiger partial charge in [0.2, 0.25) is 0 Å². The maximum atomic E-state index is 5.94. The van der Waals surface area contributed by atoms with Crippen molar-refractivity contribution >= 4 is 11.6 Å². The van der Waals surface area contributed by atoms with Gasteiger partial charge >= 0.3 is 0 Å². The minimum Gasteiger partial charge on any atom is -0.383 e. The Bertz CT molecular complexity index is 493. The van der Waals surface area contributed by atoms with Crippen molar-refractivity contribution in [2.75, 3.05) is 37.3 Å². The number of rotatable bonds is 3. The van der Waals surface area contributed by atoms with Gasteiger partial charge in [0.25, 0.3) is 0 Å². The Labute approximate surface area is 119 Å². The number of nitrogens with two attached hydrogens (primary N) is 1. The molecule has 6 heteroatoms. The van der Waals surface area contributed by atoms with Gasteiger partial charge in [-0.1, -0.05) is 0 Å². The van der Waals surface area contributed by atoms with E-state index < -0.39 is 0 Å². The summed E-state index contributed by atoms with van der Waals surface area (Å²) < 4.78 is 5.94. The van der Waals surface area contributed by atoms with Crippen molar-refractivity contribution in [1.82, 2.24) is 14.9 Å². The smallest absolute Gasteiger partial charge is 0.134 e. The largest absolute Gasteiger partial charge is 0.383 e. The van der Waals surface area contributed by atoms with Crippen LogP contribution in [-0.2, 0) is 4.74 Å². The van der Waals surface area contributed by atoms with Crippen molar-refractivity contribution in [2.45, 2.75) is 38.8 Å². The topological polar surface area (TPSA) is 76.3 Å². The van der Waals surface area contributed by atoms with E-state index in [1.807, 2.05) is 13.8 Å². The quantitative estimate of drug-likeness (QED) is 0.856. The highest BCUT2D eigenvalue weighted by atomic mass is 16.5. The fraction of sp³-hybridized carbons (Fsp3) is 0.714. The molecule has 2 aliphatic rings. The van der Waals surface area contributed by atoms with Gasteiger partial charge < -0.3 is 15.8 Å². The van der Waals surface area contributed by atoms with E-state index in [-0.39, 0.29) is 6.10 Å². The summed E-state index contributed by atoms with van der Waals surface area (Å²) in [5, 5.41) is 3.36. The van der Waals surface area contributed by atoms with Crippen LogP contribution in [0.4, 0.5) is 11.6 Å². The molecule has 0 aromatic carbocycles. The molecule has 20 heavy (non-hydrogen) atoms. The molecule has 0 radical (unpaired) electrons. The van der Waals surface area contributed by atoms with E-state index >= 15 is 0 Å². The first-order valence-corrected chi connectivity index (χ1v) is 7.33. The molecule has 2 saturated heterocycles. The summed E-state index contributed by atoms with van der Waals surface area (Å²) in [7, 11) is 0. The molecule has 0 aliphatic carbocycles. The molecule has 0 amide bonds. The monoisotopic (exact) mass is 277 g/mol. The van der Waals surface area contributed by atoms with Gasteiger partial charge in [-0.05, 0) is 33.2 Å². The van der Waals surface area contributed by atoms with Gasteiger partial charge in [-0.15, -0.1) is 0 Å². The van der Waals surface area contributed by atoms with E-state index in [1.165, 1.54) is 19.4 Å². The van der Waals surface area contributed by atoms with Crippen molar-refractivity contribution < 1.29 is 4.74 Å². The van der Waals surface area contributed by atoms with Crippen LogP contribution in [0.3, 0.4) is 0 Å². The Balaban J connectivity index is 1.60. The minimum absolute atomic E-state index is 0.222. The number of morpholine rings is 1.